The predicted octanol–water partition coefficient (Wildman–Crippen LogP) is 26.0. The van der Waals surface area contributed by atoms with E-state index in [1.54, 1.807) is 165 Å². The summed E-state index contributed by atoms with van der Waals surface area (Å²) in [7, 11) is -0.833. The summed E-state index contributed by atoms with van der Waals surface area (Å²) >= 11 is 29.9. The molecule has 16 aromatic rings. The number of nitrogen functional groups attached to an aromatic ring is 2. The molecule has 0 aliphatic heterocycles. The van der Waals surface area contributed by atoms with Crippen LogP contribution in [0.15, 0.2) is 229 Å². The number of anilines is 6. The standard InChI is InChI=1S/C25H22ClFN3O4S.C20H14ClFN3O2S.C20H13ClFN2O2S.C20H14ClFN2S.CH3.ClH.HO2P.Pd/c1-25(2,3)34-24(31)29-23-28-22-19(35-23)13-16(11-14-7-9-18(10-8-14)30(32)33)21(27)20(22)15-5-4-6-17(26)12-15;21-14-3-1-2-12(9-14)17-18(22)13(10-16-19(17)24-20(23)28-16)8-11-4-6-15(7-5-11)25(26)27;21-15-3-1-2-13(9-15)18-19(22)14(10-17-20(18)23-11-27-17)8-12-4-6-16(7-5-12)24(25)26;21-15-3-1-2-13(9-15)18-19(22)14(10-17-20(18)24-11-25-17)8-12-4-6-16(23)7-5-12;;;1-3-2;/h4-10,12-13,32H,11H2,1-3H3,(H,28,29,31);1-7,9-10,26H,8H2,(H2,23,24);1-7,9-11,25H,8H2;1-7,9-11H,8,23H2;1H3;1H;(H,1,2);/q3*-1;;-1;;;. The van der Waals surface area contributed by atoms with Crippen molar-refractivity contribution >= 4 is 193 Å². The minimum absolute atomic E-state index is 0. The van der Waals surface area contributed by atoms with E-state index in [1.807, 2.05) is 48.5 Å². The average molecular weight is 1920 g/mol. The van der Waals surface area contributed by atoms with Gasteiger partial charge in [-0.1, -0.05) is 166 Å². The van der Waals surface area contributed by atoms with Crippen LogP contribution in [0.3, 0.4) is 0 Å². The second-order valence-corrected chi connectivity index (χ2v) is 32.9. The van der Waals surface area contributed by atoms with E-state index < -0.39 is 32.0 Å². The summed E-state index contributed by atoms with van der Waals surface area (Å²) in [5.74, 6) is -1.45. The maximum absolute atomic E-state index is 15.9. The van der Waals surface area contributed by atoms with Gasteiger partial charge in [0, 0.05) is 94.1 Å². The number of hydrogen-bond donors (Lipinski definition) is 7. The summed E-state index contributed by atoms with van der Waals surface area (Å²) in [4.78, 5) is 36.7. The van der Waals surface area contributed by atoms with Crippen molar-refractivity contribution in [3.05, 3.63) is 340 Å². The van der Waals surface area contributed by atoms with E-state index in [-0.39, 0.29) is 102 Å². The van der Waals surface area contributed by atoms with Gasteiger partial charge in [0.05, 0.1) is 68.9 Å². The van der Waals surface area contributed by atoms with Gasteiger partial charge < -0.3 is 59.8 Å². The zero-order chi connectivity index (χ0) is 84.2. The zero-order valence-corrected chi connectivity index (χ0v) is 73.2. The van der Waals surface area contributed by atoms with Gasteiger partial charge in [-0.05, 0) is 209 Å². The Morgan fingerprint density at radius 1 is 0.471 bits per heavy atom. The monoisotopic (exact) mass is 1920 g/mol. The molecule has 628 valence electrons. The number of aromatic nitrogens is 4. The number of nitrogens with zero attached hydrogens (tertiary/aromatic N) is 7. The Morgan fingerprint density at radius 2 is 0.760 bits per heavy atom. The van der Waals surface area contributed by atoms with Crippen molar-refractivity contribution in [1.29, 1.82) is 0 Å². The number of nitrogens with one attached hydrogen (secondary N) is 1. The maximum Gasteiger partial charge on any atom is 0.413 e. The fourth-order valence-corrected chi connectivity index (χ4v) is 16.6. The van der Waals surface area contributed by atoms with Crippen molar-refractivity contribution in [2.45, 2.75) is 52.1 Å². The van der Waals surface area contributed by atoms with Gasteiger partial charge in [-0.2, -0.15) is 0 Å². The van der Waals surface area contributed by atoms with Crippen molar-refractivity contribution < 1.29 is 72.6 Å². The molecule has 0 spiro atoms. The van der Waals surface area contributed by atoms with Gasteiger partial charge in [0.1, 0.15) is 28.9 Å². The van der Waals surface area contributed by atoms with Crippen molar-refractivity contribution in [2.24, 2.45) is 0 Å². The molecule has 0 radical (unpaired) electrons. The van der Waals surface area contributed by atoms with Crippen LogP contribution in [0.25, 0.3) is 85.4 Å². The molecule has 0 fully saturated rings. The maximum atomic E-state index is 15.9. The number of carbonyl (C=O) groups excluding carboxylic acids is 1. The van der Waals surface area contributed by atoms with E-state index in [4.69, 9.17) is 87.7 Å². The average Bonchev–Trinajstić information content (AvgIpc) is 1.72. The first-order chi connectivity index (χ1) is 56.5. The van der Waals surface area contributed by atoms with Crippen molar-refractivity contribution in [1.82, 2.24) is 19.9 Å². The van der Waals surface area contributed by atoms with E-state index >= 15 is 17.6 Å². The summed E-state index contributed by atoms with van der Waals surface area (Å²) in [5.41, 5.74) is 27.1. The first-order valence-corrected chi connectivity index (χ1v) is 40.8. The number of hydrogen-bond acceptors (Lipinski definition) is 22. The van der Waals surface area contributed by atoms with E-state index in [0.717, 1.165) is 41.9 Å². The van der Waals surface area contributed by atoms with Crippen LogP contribution in [0, 0.1) is 46.3 Å². The first kappa shape index (κ1) is 95.0. The molecular weight excluding hydrogens is 1850 g/mol. The van der Waals surface area contributed by atoms with Crippen LogP contribution in [0.1, 0.15) is 65.3 Å². The zero-order valence-electron chi connectivity index (χ0n) is 63.6. The van der Waals surface area contributed by atoms with Crippen molar-refractivity contribution in [3.8, 4) is 44.5 Å². The second kappa shape index (κ2) is 42.8. The third kappa shape index (κ3) is 24.1. The number of carbonyl (C=O) groups is 1. The molecule has 4 aromatic heterocycles. The van der Waals surface area contributed by atoms with Crippen LogP contribution in [-0.2, 0) is 55.4 Å². The number of benzene rings is 12. The van der Waals surface area contributed by atoms with Crippen LogP contribution in [-0.4, -0.2) is 52.1 Å². The Bertz CT molecular complexity index is 6300. The van der Waals surface area contributed by atoms with Gasteiger partial charge in [0.2, 0.25) is 0 Å². The van der Waals surface area contributed by atoms with Gasteiger partial charge in [-0.15, -0.1) is 35.1 Å². The Hall–Kier alpha value is -9.88. The van der Waals surface area contributed by atoms with Crippen LogP contribution >= 0.6 is 113 Å². The van der Waals surface area contributed by atoms with Gasteiger partial charge in [0.25, 0.3) is 0 Å². The van der Waals surface area contributed by atoms with Gasteiger partial charge in [0.15, 0.2) is 10.3 Å². The molecule has 121 heavy (non-hydrogen) atoms. The van der Waals surface area contributed by atoms with Gasteiger partial charge in [-0.3, -0.25) is 20.9 Å². The summed E-state index contributed by atoms with van der Waals surface area (Å²) in [5, 5.41) is 64.5. The minimum Gasteiger partial charge on any atom is -0.733 e. The fraction of sp³-hybridized carbons (Fsp3) is 0.0930. The Labute approximate surface area is 748 Å². The third-order valence-corrected chi connectivity index (χ3v) is 22.0. The van der Waals surface area contributed by atoms with E-state index in [2.05, 4.69) is 25.3 Å². The van der Waals surface area contributed by atoms with Crippen LogP contribution < -0.4 is 32.5 Å². The quantitative estimate of drug-likeness (QED) is 0.0118. The predicted molar refractivity (Wildman–Crippen MR) is 482 cm³/mol. The number of fused-ring (bicyclic) bond motifs is 4. The number of rotatable bonds is 16. The van der Waals surface area contributed by atoms with Gasteiger partial charge in [-0.25, -0.2) is 46.9 Å². The molecule has 0 saturated carbocycles. The fourth-order valence-electron chi connectivity index (χ4n) is 12.6. The molecule has 0 aliphatic carbocycles. The van der Waals surface area contributed by atoms with Gasteiger partial charge >= 0.3 is 14.8 Å². The molecule has 35 heteroatoms. The summed E-state index contributed by atoms with van der Waals surface area (Å²) < 4.78 is 79.3. The van der Waals surface area contributed by atoms with Crippen LogP contribution in [0.5, 0.6) is 0 Å². The van der Waals surface area contributed by atoms with E-state index in [9.17, 15) is 20.4 Å². The molecule has 0 bridgehead atoms. The molecule has 1 amide bonds. The molecule has 4 heterocycles. The molecule has 9 N–H and O–H groups in total. The number of halogens is 9. The smallest absolute Gasteiger partial charge is 0.413 e. The normalized spacial score (nSPS) is 10.9. The molecule has 0 atom stereocenters. The topological polar surface area (TPSA) is 319 Å². The van der Waals surface area contributed by atoms with Crippen LogP contribution in [0.2, 0.25) is 20.1 Å². The Morgan fingerprint density at radius 3 is 1.07 bits per heavy atom. The Balaban J connectivity index is 0.000000181. The number of ether oxygens (including phenoxy) is 1. The molecule has 0 unspecified atom stereocenters. The third-order valence-electron chi connectivity index (χ3n) is 17.8. The van der Waals surface area contributed by atoms with E-state index in [1.165, 1.54) is 81.7 Å². The first-order valence-electron chi connectivity index (χ1n) is 35.2. The van der Waals surface area contributed by atoms with Crippen molar-refractivity contribution in [3.63, 3.8) is 0 Å². The molecule has 0 aliphatic rings. The summed E-state index contributed by atoms with van der Waals surface area (Å²) in [6.45, 7) is 5.27. The molecule has 12 aromatic carbocycles. The number of amides is 1. The summed E-state index contributed by atoms with van der Waals surface area (Å²) in [6, 6.07) is 61.5. The number of thiazole rings is 4. The van der Waals surface area contributed by atoms with Crippen molar-refractivity contribution in [2.75, 3.05) is 32.5 Å². The molecular formula is C86H68Cl5F4N10O10PPdS4-4. The van der Waals surface area contributed by atoms with Crippen LogP contribution in [0.4, 0.5) is 55.4 Å². The largest absolute Gasteiger partial charge is 0.733 e. The Kier molecular flexibility index (Phi) is 33.6. The second-order valence-electron chi connectivity index (χ2n) is 27.1. The SMILES string of the molecule is CC(C)(C)OC(=O)Nc1nc2c(-c3cccc(Cl)c3)c(F)c(Cc3ccc(N([O-])O)cc3)cc2s1.Cl.Nc1ccc(Cc2cc3scnc3c(-c3cccc(Cl)c3)c2F)cc1.Nc1nc2c(-c3cccc(Cl)c3)c(F)c(Cc3ccc(N([O-])O)cc3)cc2s1.O=PO.[CH3-].[O-]N(O)c1ccc(Cc2cc3scnc3c(-c3cccc(Cl)c3)c2F)cc1.[Pd]. The molecule has 16 rings (SSSR count). The minimum atomic E-state index is -0.833. The molecule has 20 nitrogen and oxygen atoms in total. The van der Waals surface area contributed by atoms with E-state index in [0.29, 0.717) is 133 Å². The summed E-state index contributed by atoms with van der Waals surface area (Å²) in [6.07, 6.45) is 0.716. The number of nitrogens with two attached hydrogens (primary N) is 2. The molecule has 0 saturated heterocycles.